The first-order chi connectivity index (χ1) is 17.9. The third-order valence-corrected chi connectivity index (χ3v) is 5.57. The summed E-state index contributed by atoms with van der Waals surface area (Å²) >= 11 is 0. The predicted molar refractivity (Wildman–Crippen MR) is 138 cm³/mol. The molecule has 9 heteroatoms. The Bertz CT molecular complexity index is 1240. The number of nitrogens with zero attached hydrogens (tertiary/aromatic N) is 1. The molecule has 0 aliphatic heterocycles. The van der Waals surface area contributed by atoms with Gasteiger partial charge in [-0.15, -0.1) is 0 Å². The smallest absolute Gasteiger partial charge is 0.324 e. The van der Waals surface area contributed by atoms with Gasteiger partial charge in [-0.25, -0.2) is 10.3 Å². The van der Waals surface area contributed by atoms with Crippen molar-refractivity contribution in [3.8, 4) is 11.5 Å². The third kappa shape index (κ3) is 7.68. The van der Waals surface area contributed by atoms with Crippen molar-refractivity contribution in [1.29, 1.82) is 0 Å². The number of carbonyl (C=O) groups excluding carboxylic acids is 3. The molecule has 0 aliphatic carbocycles. The van der Waals surface area contributed by atoms with E-state index in [4.69, 9.17) is 14.7 Å². The van der Waals surface area contributed by atoms with Gasteiger partial charge in [-0.2, -0.15) is 0 Å². The van der Waals surface area contributed by atoms with Crippen LogP contribution >= 0.6 is 0 Å². The molecule has 0 atom stereocenters. The number of imide groups is 1. The fourth-order valence-electron chi connectivity index (χ4n) is 3.66. The molecular weight excluding hydrogens is 474 g/mol. The van der Waals surface area contributed by atoms with Gasteiger partial charge in [-0.3, -0.25) is 20.1 Å². The summed E-state index contributed by atoms with van der Waals surface area (Å²) in [5, 5.41) is 11.1. The number of hydrogen-bond donors (Lipinski definition) is 3. The number of urea groups is 1. The second-order valence-corrected chi connectivity index (χ2v) is 8.00. The monoisotopic (exact) mass is 503 g/mol. The van der Waals surface area contributed by atoms with E-state index in [1.165, 1.54) is 11.6 Å². The molecule has 0 aromatic heterocycles. The molecule has 37 heavy (non-hydrogen) atoms. The molecule has 0 spiro atoms. The van der Waals surface area contributed by atoms with Crippen LogP contribution in [0.15, 0.2) is 78.9 Å². The molecule has 0 saturated carbocycles. The van der Waals surface area contributed by atoms with Crippen molar-refractivity contribution in [2.24, 2.45) is 0 Å². The summed E-state index contributed by atoms with van der Waals surface area (Å²) in [6, 6.07) is 20.8. The van der Waals surface area contributed by atoms with E-state index in [0.717, 1.165) is 16.7 Å². The molecule has 0 fully saturated rings. The van der Waals surface area contributed by atoms with Gasteiger partial charge in [0, 0.05) is 24.7 Å². The fourth-order valence-corrected chi connectivity index (χ4v) is 3.66. The summed E-state index contributed by atoms with van der Waals surface area (Å²) < 4.78 is 10.9. The lowest BCUT2D eigenvalue weighted by atomic mass is 10.1. The summed E-state index contributed by atoms with van der Waals surface area (Å²) in [5.41, 5.74) is 4.34. The number of hydrogen-bond acceptors (Lipinski definition) is 6. The molecule has 3 rings (SSSR count). The van der Waals surface area contributed by atoms with Crippen LogP contribution in [0.1, 0.15) is 27.0 Å². The van der Waals surface area contributed by atoms with E-state index in [1.807, 2.05) is 24.3 Å². The van der Waals surface area contributed by atoms with E-state index in [1.54, 1.807) is 73.7 Å². The van der Waals surface area contributed by atoms with Gasteiger partial charge in [-0.1, -0.05) is 54.6 Å². The van der Waals surface area contributed by atoms with Crippen molar-refractivity contribution in [3.63, 3.8) is 0 Å². The number of rotatable bonds is 10. The molecule has 3 aromatic rings. The zero-order valence-electron chi connectivity index (χ0n) is 20.6. The second kappa shape index (κ2) is 13.5. The van der Waals surface area contributed by atoms with Crippen LogP contribution in [-0.4, -0.2) is 48.7 Å². The van der Waals surface area contributed by atoms with Crippen molar-refractivity contribution >= 4 is 23.9 Å². The van der Waals surface area contributed by atoms with Crippen LogP contribution in [0.3, 0.4) is 0 Å². The third-order valence-electron chi connectivity index (χ3n) is 5.57. The van der Waals surface area contributed by atoms with Crippen molar-refractivity contribution < 1.29 is 29.1 Å². The summed E-state index contributed by atoms with van der Waals surface area (Å²) in [6.45, 7) is 0.539. The minimum atomic E-state index is -0.636. The maximum absolute atomic E-state index is 13.2. The molecule has 0 unspecified atom stereocenters. The van der Waals surface area contributed by atoms with E-state index >= 15 is 0 Å². The van der Waals surface area contributed by atoms with Crippen LogP contribution in [0.5, 0.6) is 11.5 Å². The Hall–Kier alpha value is -4.63. The van der Waals surface area contributed by atoms with Gasteiger partial charge >= 0.3 is 6.03 Å². The molecule has 0 heterocycles. The lowest BCUT2D eigenvalue weighted by molar-refractivity contribution is -0.124. The molecule has 0 bridgehead atoms. The predicted octanol–water partition coefficient (Wildman–Crippen LogP) is 3.82. The van der Waals surface area contributed by atoms with Crippen molar-refractivity contribution in [3.05, 3.63) is 101 Å². The molecule has 192 valence electrons. The van der Waals surface area contributed by atoms with Gasteiger partial charge in [0.25, 0.3) is 11.8 Å². The summed E-state index contributed by atoms with van der Waals surface area (Å²) in [5.74, 6) is 0.0581. The van der Waals surface area contributed by atoms with E-state index in [-0.39, 0.29) is 6.54 Å². The van der Waals surface area contributed by atoms with Crippen LogP contribution in [0.25, 0.3) is 6.08 Å². The fraction of sp³-hybridized carbons (Fsp3) is 0.179. The van der Waals surface area contributed by atoms with E-state index < -0.39 is 17.8 Å². The Morgan fingerprint density at radius 1 is 0.919 bits per heavy atom. The molecule has 4 amide bonds. The quantitative estimate of drug-likeness (QED) is 0.220. The molecule has 0 radical (unpaired) electrons. The summed E-state index contributed by atoms with van der Waals surface area (Å²) in [4.78, 5) is 38.5. The normalized spacial score (nSPS) is 10.6. The number of amides is 4. The highest BCUT2D eigenvalue weighted by molar-refractivity contribution is 6.04. The first-order valence-corrected chi connectivity index (χ1v) is 11.5. The van der Waals surface area contributed by atoms with Gasteiger partial charge in [0.2, 0.25) is 0 Å². The Balaban J connectivity index is 1.78. The zero-order valence-corrected chi connectivity index (χ0v) is 20.6. The van der Waals surface area contributed by atoms with E-state index in [0.29, 0.717) is 30.0 Å². The molecule has 0 saturated heterocycles. The lowest BCUT2D eigenvalue weighted by Crippen LogP contribution is -2.43. The van der Waals surface area contributed by atoms with E-state index in [2.05, 4.69) is 5.32 Å². The maximum Gasteiger partial charge on any atom is 0.324 e. The molecule has 9 nitrogen and oxygen atoms in total. The number of carbonyl (C=O) groups is 3. The minimum Gasteiger partial charge on any atom is -0.493 e. The first-order valence-electron chi connectivity index (χ1n) is 11.5. The van der Waals surface area contributed by atoms with Crippen molar-refractivity contribution in [1.82, 2.24) is 15.7 Å². The van der Waals surface area contributed by atoms with Gasteiger partial charge < -0.3 is 14.4 Å². The molecular formula is C28H29N3O6. The van der Waals surface area contributed by atoms with Crippen molar-refractivity contribution in [2.75, 3.05) is 20.8 Å². The summed E-state index contributed by atoms with van der Waals surface area (Å²) in [7, 11) is 3.12. The van der Waals surface area contributed by atoms with Crippen LogP contribution in [0.4, 0.5) is 4.79 Å². The second-order valence-electron chi connectivity index (χ2n) is 8.00. The topological polar surface area (TPSA) is 117 Å². The summed E-state index contributed by atoms with van der Waals surface area (Å²) in [6.07, 6.45) is 3.21. The number of ether oxygens (including phenoxy) is 2. The minimum absolute atomic E-state index is 0.237. The van der Waals surface area contributed by atoms with Gasteiger partial charge in [-0.05, 0) is 47.4 Å². The van der Waals surface area contributed by atoms with Crippen LogP contribution in [0, 0.1) is 0 Å². The standard InChI is InChI=1S/C28H29N3O6/c1-36-24-10-6-9-22(26(24)37-2)17-18-31(28(34)29-27(33)23-7-4-3-5-8-23)19-21-13-11-20(12-14-21)15-16-25(32)30-35/h3-16,35H,17-19H2,1-2H3,(H,30,32)(H,29,33,34). The average molecular weight is 504 g/mol. The van der Waals surface area contributed by atoms with Gasteiger partial charge in [0.1, 0.15) is 0 Å². The van der Waals surface area contributed by atoms with Gasteiger partial charge in [0.15, 0.2) is 11.5 Å². The van der Waals surface area contributed by atoms with Crippen LogP contribution < -0.4 is 20.3 Å². The average Bonchev–Trinajstić information content (AvgIpc) is 2.94. The largest absolute Gasteiger partial charge is 0.493 e. The number of hydroxylamine groups is 1. The first kappa shape index (κ1) is 27.0. The SMILES string of the molecule is COc1cccc(CCN(Cc2ccc(C=CC(=O)NO)cc2)C(=O)NC(=O)c2ccccc2)c1OC. The zero-order chi connectivity index (χ0) is 26.6. The van der Waals surface area contributed by atoms with Crippen molar-refractivity contribution in [2.45, 2.75) is 13.0 Å². The number of methoxy groups -OCH3 is 2. The Morgan fingerprint density at radius 3 is 2.30 bits per heavy atom. The molecule has 3 aromatic carbocycles. The highest BCUT2D eigenvalue weighted by Crippen LogP contribution is 2.31. The Labute approximate surface area is 215 Å². The maximum atomic E-state index is 13.2. The van der Waals surface area contributed by atoms with Gasteiger partial charge in [0.05, 0.1) is 14.2 Å². The molecule has 3 N–H and O–H groups in total. The molecule has 0 aliphatic rings. The Morgan fingerprint density at radius 2 is 1.65 bits per heavy atom. The van der Waals surface area contributed by atoms with Crippen LogP contribution in [0.2, 0.25) is 0 Å². The number of benzene rings is 3. The number of para-hydroxylation sites is 1. The Kier molecular flexibility index (Phi) is 9.81. The highest BCUT2D eigenvalue weighted by Gasteiger charge is 2.19. The number of nitrogens with one attached hydrogen (secondary N) is 2. The van der Waals surface area contributed by atoms with E-state index in [9.17, 15) is 14.4 Å². The van der Waals surface area contributed by atoms with Crippen LogP contribution in [-0.2, 0) is 17.8 Å². The lowest BCUT2D eigenvalue weighted by Gasteiger charge is -2.24. The highest BCUT2D eigenvalue weighted by atomic mass is 16.5.